The van der Waals surface area contributed by atoms with Crippen molar-refractivity contribution in [1.29, 1.82) is 0 Å². The fourth-order valence-corrected chi connectivity index (χ4v) is 3.31. The predicted octanol–water partition coefficient (Wildman–Crippen LogP) is 3.37. The molecule has 0 aliphatic heterocycles. The SMILES string of the molecule is COc1cccc2oc(=O)c(C(=O)CC(=O)c3cc4c(OC)cccc4oc3=O)cc12. The van der Waals surface area contributed by atoms with E-state index >= 15 is 0 Å². The summed E-state index contributed by atoms with van der Waals surface area (Å²) in [5.74, 6) is -0.759. The molecule has 156 valence electrons. The number of methoxy groups -OCH3 is 2. The third-order valence-corrected chi connectivity index (χ3v) is 4.84. The van der Waals surface area contributed by atoms with Crippen molar-refractivity contribution in [2.45, 2.75) is 6.42 Å². The van der Waals surface area contributed by atoms with Crippen LogP contribution >= 0.6 is 0 Å². The van der Waals surface area contributed by atoms with Gasteiger partial charge in [0.05, 0.1) is 31.4 Å². The lowest BCUT2D eigenvalue weighted by Gasteiger charge is -2.07. The summed E-state index contributed by atoms with van der Waals surface area (Å²) in [7, 11) is 2.89. The second kappa shape index (κ2) is 7.91. The van der Waals surface area contributed by atoms with Crippen molar-refractivity contribution in [1.82, 2.24) is 0 Å². The van der Waals surface area contributed by atoms with Crippen LogP contribution in [0.3, 0.4) is 0 Å². The highest BCUT2D eigenvalue weighted by Crippen LogP contribution is 2.26. The van der Waals surface area contributed by atoms with Crippen molar-refractivity contribution in [2.75, 3.05) is 14.2 Å². The van der Waals surface area contributed by atoms with E-state index in [9.17, 15) is 19.2 Å². The minimum Gasteiger partial charge on any atom is -0.496 e. The Hall–Kier alpha value is -4.20. The van der Waals surface area contributed by atoms with E-state index in [-0.39, 0.29) is 22.3 Å². The number of hydrogen-bond acceptors (Lipinski definition) is 8. The number of Topliss-reactive ketones (excluding diaryl/α,β-unsaturated/α-hetero) is 2. The summed E-state index contributed by atoms with van der Waals surface area (Å²) >= 11 is 0. The molecule has 0 bridgehead atoms. The first-order valence-electron chi connectivity index (χ1n) is 9.21. The lowest BCUT2D eigenvalue weighted by atomic mass is 10.0. The average molecular weight is 420 g/mol. The number of ether oxygens (including phenoxy) is 2. The third kappa shape index (κ3) is 3.59. The Kier molecular flexibility index (Phi) is 5.12. The lowest BCUT2D eigenvalue weighted by molar-refractivity contribution is 0.0890. The Labute approximate surface area is 174 Å². The molecule has 0 saturated carbocycles. The zero-order valence-corrected chi connectivity index (χ0v) is 16.6. The second-order valence-electron chi connectivity index (χ2n) is 6.66. The molecule has 31 heavy (non-hydrogen) atoms. The Morgan fingerprint density at radius 2 is 1.16 bits per heavy atom. The second-order valence-corrected chi connectivity index (χ2v) is 6.66. The van der Waals surface area contributed by atoms with E-state index in [0.717, 1.165) is 0 Å². The van der Waals surface area contributed by atoms with Gasteiger partial charge in [-0.05, 0) is 36.4 Å². The maximum atomic E-state index is 12.7. The zero-order valence-electron chi connectivity index (χ0n) is 16.6. The Balaban J connectivity index is 1.72. The zero-order chi connectivity index (χ0) is 22.1. The van der Waals surface area contributed by atoms with Gasteiger partial charge in [-0.2, -0.15) is 0 Å². The molecule has 0 aliphatic rings. The van der Waals surface area contributed by atoms with Gasteiger partial charge in [0.25, 0.3) is 0 Å². The van der Waals surface area contributed by atoms with Gasteiger partial charge in [0.1, 0.15) is 33.8 Å². The van der Waals surface area contributed by atoms with Crippen molar-refractivity contribution in [3.05, 3.63) is 80.5 Å². The van der Waals surface area contributed by atoms with Gasteiger partial charge in [0.15, 0.2) is 11.6 Å². The van der Waals surface area contributed by atoms with Crippen molar-refractivity contribution < 1.29 is 27.9 Å². The van der Waals surface area contributed by atoms with Gasteiger partial charge in [0, 0.05) is 0 Å². The predicted molar refractivity (Wildman–Crippen MR) is 111 cm³/mol. The van der Waals surface area contributed by atoms with Crippen LogP contribution in [0.15, 0.2) is 67.0 Å². The van der Waals surface area contributed by atoms with Gasteiger partial charge < -0.3 is 18.3 Å². The number of fused-ring (bicyclic) bond motifs is 2. The third-order valence-electron chi connectivity index (χ3n) is 4.84. The van der Waals surface area contributed by atoms with Crippen LogP contribution in [0.2, 0.25) is 0 Å². The van der Waals surface area contributed by atoms with Crippen molar-refractivity contribution >= 4 is 33.5 Å². The highest BCUT2D eigenvalue weighted by atomic mass is 16.5. The molecule has 0 spiro atoms. The molecule has 0 unspecified atom stereocenters. The molecule has 0 radical (unpaired) electrons. The Morgan fingerprint density at radius 1 is 0.742 bits per heavy atom. The van der Waals surface area contributed by atoms with E-state index in [4.69, 9.17) is 18.3 Å². The molecule has 8 nitrogen and oxygen atoms in total. The minimum absolute atomic E-state index is 0.245. The fraction of sp³-hybridized carbons (Fsp3) is 0.130. The molecule has 0 fully saturated rings. The molecule has 2 aromatic heterocycles. The number of carbonyl (C=O) groups excluding carboxylic acids is 2. The van der Waals surface area contributed by atoms with Crippen molar-refractivity contribution in [3.8, 4) is 11.5 Å². The molecule has 0 amide bonds. The summed E-state index contributed by atoms with van der Waals surface area (Å²) < 4.78 is 20.8. The van der Waals surface area contributed by atoms with Crippen molar-refractivity contribution in [2.24, 2.45) is 0 Å². The van der Waals surface area contributed by atoms with Gasteiger partial charge in [-0.15, -0.1) is 0 Å². The summed E-state index contributed by atoms with van der Waals surface area (Å²) in [5.41, 5.74) is -1.90. The number of carbonyl (C=O) groups is 2. The summed E-state index contributed by atoms with van der Waals surface area (Å²) in [6.07, 6.45) is -0.711. The normalized spacial score (nSPS) is 10.9. The molecular formula is C23H16O8. The van der Waals surface area contributed by atoms with Gasteiger partial charge >= 0.3 is 11.3 Å². The lowest BCUT2D eigenvalue weighted by Crippen LogP contribution is -2.20. The molecule has 4 aromatic rings. The maximum Gasteiger partial charge on any atom is 0.347 e. The summed E-state index contributed by atoms with van der Waals surface area (Å²) in [6, 6.07) is 12.3. The fourth-order valence-electron chi connectivity index (χ4n) is 3.31. The Bertz CT molecular complexity index is 1350. The smallest absolute Gasteiger partial charge is 0.347 e. The van der Waals surface area contributed by atoms with Crippen LogP contribution in [-0.4, -0.2) is 25.8 Å². The van der Waals surface area contributed by atoms with Crippen LogP contribution < -0.4 is 20.7 Å². The van der Waals surface area contributed by atoms with E-state index in [2.05, 4.69) is 0 Å². The molecule has 0 N–H and O–H groups in total. The van der Waals surface area contributed by atoms with Crippen LogP contribution in [0.25, 0.3) is 21.9 Å². The molecular weight excluding hydrogens is 404 g/mol. The summed E-state index contributed by atoms with van der Waals surface area (Å²) in [5, 5.41) is 0.825. The van der Waals surface area contributed by atoms with Gasteiger partial charge in [-0.25, -0.2) is 9.59 Å². The van der Waals surface area contributed by atoms with Crippen LogP contribution in [0, 0.1) is 0 Å². The molecule has 2 heterocycles. The van der Waals surface area contributed by atoms with Crippen LogP contribution in [0.5, 0.6) is 11.5 Å². The van der Waals surface area contributed by atoms with Crippen LogP contribution in [0.4, 0.5) is 0 Å². The van der Waals surface area contributed by atoms with Crippen LogP contribution in [-0.2, 0) is 0 Å². The average Bonchev–Trinajstić information content (AvgIpc) is 2.76. The highest BCUT2D eigenvalue weighted by molar-refractivity contribution is 6.14. The first-order valence-corrected chi connectivity index (χ1v) is 9.21. The highest BCUT2D eigenvalue weighted by Gasteiger charge is 2.22. The first-order chi connectivity index (χ1) is 14.9. The molecule has 2 aromatic carbocycles. The number of rotatable bonds is 6. The largest absolute Gasteiger partial charge is 0.496 e. The number of ketones is 2. The molecule has 0 saturated heterocycles. The molecule has 4 rings (SSSR count). The topological polar surface area (TPSA) is 113 Å². The van der Waals surface area contributed by atoms with E-state index in [0.29, 0.717) is 22.3 Å². The molecule has 8 heteroatoms. The summed E-state index contributed by atoms with van der Waals surface area (Å²) in [6.45, 7) is 0. The standard InChI is InChI=1S/C23H16O8/c1-28-18-5-3-7-20-14(18)9-12(22(26)30-20)16(24)11-17(25)13-10-15-19(29-2)6-4-8-21(15)31-23(13)27/h3-10H,11H2,1-2H3. The monoisotopic (exact) mass is 420 g/mol. The van der Waals surface area contributed by atoms with E-state index in [1.54, 1.807) is 36.4 Å². The van der Waals surface area contributed by atoms with Crippen LogP contribution in [0.1, 0.15) is 27.1 Å². The number of benzene rings is 2. The van der Waals surface area contributed by atoms with Gasteiger partial charge in [-0.3, -0.25) is 9.59 Å². The number of hydrogen-bond donors (Lipinski definition) is 0. The minimum atomic E-state index is -0.884. The van der Waals surface area contributed by atoms with Crippen molar-refractivity contribution in [3.63, 3.8) is 0 Å². The first kappa shape index (κ1) is 20.1. The molecule has 0 atom stereocenters. The summed E-state index contributed by atoms with van der Waals surface area (Å²) in [4.78, 5) is 50.0. The molecule has 0 aliphatic carbocycles. The maximum absolute atomic E-state index is 12.7. The Morgan fingerprint density at radius 3 is 1.55 bits per heavy atom. The van der Waals surface area contributed by atoms with Gasteiger partial charge in [0.2, 0.25) is 0 Å². The quantitative estimate of drug-likeness (QED) is 0.265. The van der Waals surface area contributed by atoms with E-state index < -0.39 is 29.2 Å². The van der Waals surface area contributed by atoms with Gasteiger partial charge in [-0.1, -0.05) is 12.1 Å². The van der Waals surface area contributed by atoms with E-state index in [1.807, 2.05) is 0 Å². The van der Waals surface area contributed by atoms with E-state index in [1.165, 1.54) is 26.4 Å².